The third kappa shape index (κ3) is 6.04. The van der Waals surface area contributed by atoms with Gasteiger partial charge in [0.05, 0.1) is 11.8 Å². The van der Waals surface area contributed by atoms with Crippen molar-refractivity contribution < 1.29 is 19.1 Å². The van der Waals surface area contributed by atoms with Gasteiger partial charge in [0, 0.05) is 0 Å². The minimum Gasteiger partial charge on any atom is -0.484 e. The van der Waals surface area contributed by atoms with Crippen LogP contribution < -0.4 is 14.9 Å². The van der Waals surface area contributed by atoms with Crippen molar-refractivity contribution in [3.63, 3.8) is 0 Å². The number of aryl methyl sites for hydroxylation is 2. The molecule has 3 rings (SSSR count). The molecule has 0 heterocycles. The maximum Gasteiger partial charge on any atom is 0.343 e. The zero-order valence-corrected chi connectivity index (χ0v) is 16.8. The minimum absolute atomic E-state index is 0.131. The van der Waals surface area contributed by atoms with Crippen molar-refractivity contribution in [1.29, 1.82) is 0 Å². The Morgan fingerprint density at radius 3 is 2.30 bits per heavy atom. The van der Waals surface area contributed by atoms with E-state index in [0.717, 1.165) is 16.7 Å². The molecule has 6 heteroatoms. The van der Waals surface area contributed by atoms with Crippen LogP contribution in [0.3, 0.4) is 0 Å². The van der Waals surface area contributed by atoms with E-state index >= 15 is 0 Å². The largest absolute Gasteiger partial charge is 0.484 e. The molecular weight excluding hydrogens is 380 g/mol. The summed E-state index contributed by atoms with van der Waals surface area (Å²) in [5, 5.41) is 3.91. The van der Waals surface area contributed by atoms with Crippen LogP contribution >= 0.6 is 0 Å². The predicted octanol–water partition coefficient (Wildman–Crippen LogP) is 4.05. The molecule has 3 aromatic carbocycles. The molecule has 6 nitrogen and oxygen atoms in total. The average molecular weight is 402 g/mol. The van der Waals surface area contributed by atoms with Gasteiger partial charge in [-0.2, -0.15) is 5.10 Å². The van der Waals surface area contributed by atoms with E-state index in [1.165, 1.54) is 6.21 Å². The van der Waals surface area contributed by atoms with Gasteiger partial charge in [-0.3, -0.25) is 4.79 Å². The Bertz CT molecular complexity index is 1040. The molecule has 0 aliphatic rings. The average Bonchev–Trinajstić information content (AvgIpc) is 2.76. The monoisotopic (exact) mass is 402 g/mol. The second-order valence-corrected chi connectivity index (χ2v) is 6.65. The lowest BCUT2D eigenvalue weighted by atomic mass is 10.1. The molecule has 0 fully saturated rings. The third-order valence-electron chi connectivity index (χ3n) is 4.35. The molecule has 0 aliphatic heterocycles. The zero-order chi connectivity index (χ0) is 21.3. The molecule has 3 aromatic rings. The molecule has 0 spiro atoms. The Balaban J connectivity index is 1.46. The maximum atomic E-state index is 12.0. The van der Waals surface area contributed by atoms with E-state index in [9.17, 15) is 9.59 Å². The number of hydrazone groups is 1. The van der Waals surface area contributed by atoms with Crippen LogP contribution in [0.5, 0.6) is 11.5 Å². The van der Waals surface area contributed by atoms with Gasteiger partial charge in [-0.1, -0.05) is 24.3 Å². The van der Waals surface area contributed by atoms with Crippen molar-refractivity contribution in [2.45, 2.75) is 13.8 Å². The Hall–Kier alpha value is -3.93. The van der Waals surface area contributed by atoms with Crippen LogP contribution in [0, 0.1) is 13.8 Å². The number of esters is 1. The van der Waals surface area contributed by atoms with Crippen LogP contribution in [-0.4, -0.2) is 24.7 Å². The van der Waals surface area contributed by atoms with E-state index in [1.54, 1.807) is 48.5 Å². The first-order valence-corrected chi connectivity index (χ1v) is 9.40. The Labute approximate surface area is 175 Å². The number of rotatable bonds is 7. The Morgan fingerprint density at radius 2 is 1.60 bits per heavy atom. The quantitative estimate of drug-likeness (QED) is 0.280. The topological polar surface area (TPSA) is 77.0 Å². The molecule has 30 heavy (non-hydrogen) atoms. The third-order valence-corrected chi connectivity index (χ3v) is 4.35. The van der Waals surface area contributed by atoms with Gasteiger partial charge < -0.3 is 9.47 Å². The van der Waals surface area contributed by atoms with Crippen LogP contribution in [0.2, 0.25) is 0 Å². The Kier molecular flexibility index (Phi) is 6.95. The number of benzene rings is 3. The lowest BCUT2D eigenvalue weighted by molar-refractivity contribution is -0.123. The van der Waals surface area contributed by atoms with E-state index in [1.807, 2.05) is 38.1 Å². The number of carbonyl (C=O) groups is 2. The van der Waals surface area contributed by atoms with E-state index in [0.29, 0.717) is 17.1 Å². The number of nitrogens with one attached hydrogen (secondary N) is 1. The summed E-state index contributed by atoms with van der Waals surface area (Å²) >= 11 is 0. The maximum absolute atomic E-state index is 12.0. The molecule has 0 saturated carbocycles. The summed E-state index contributed by atoms with van der Waals surface area (Å²) in [5.74, 6) is 0.274. The fourth-order valence-corrected chi connectivity index (χ4v) is 2.53. The second-order valence-electron chi connectivity index (χ2n) is 6.65. The summed E-state index contributed by atoms with van der Waals surface area (Å²) in [5.41, 5.74) is 5.90. The molecular formula is C24H22N2O4. The molecule has 152 valence electrons. The predicted molar refractivity (Wildman–Crippen MR) is 115 cm³/mol. The fourth-order valence-electron chi connectivity index (χ4n) is 2.53. The first kappa shape index (κ1) is 20.8. The van der Waals surface area contributed by atoms with Crippen molar-refractivity contribution in [3.05, 3.63) is 95.1 Å². The summed E-state index contributed by atoms with van der Waals surface area (Å²) in [4.78, 5) is 23.9. The number of nitrogens with zero attached hydrogens (tertiary/aromatic N) is 1. The summed E-state index contributed by atoms with van der Waals surface area (Å²) in [7, 11) is 0. The van der Waals surface area contributed by atoms with Gasteiger partial charge in [-0.15, -0.1) is 0 Å². The highest BCUT2D eigenvalue weighted by atomic mass is 16.5. The second kappa shape index (κ2) is 10.0. The number of hydrogen-bond donors (Lipinski definition) is 1. The van der Waals surface area contributed by atoms with Gasteiger partial charge in [-0.25, -0.2) is 10.2 Å². The molecule has 1 N–H and O–H groups in total. The van der Waals surface area contributed by atoms with Gasteiger partial charge in [0.1, 0.15) is 11.5 Å². The summed E-state index contributed by atoms with van der Waals surface area (Å²) in [6.45, 7) is 3.87. The molecule has 0 aliphatic carbocycles. The van der Waals surface area contributed by atoms with Crippen molar-refractivity contribution in [1.82, 2.24) is 5.43 Å². The lowest BCUT2D eigenvalue weighted by Crippen LogP contribution is -2.24. The fraction of sp³-hybridized carbons (Fsp3) is 0.125. The van der Waals surface area contributed by atoms with Crippen LogP contribution in [0.25, 0.3) is 0 Å². The van der Waals surface area contributed by atoms with Crippen molar-refractivity contribution in [3.8, 4) is 11.5 Å². The SMILES string of the molecule is Cc1ccc(OCC(=O)NN=Cc2ccc(OC(=O)c3ccccc3)cc2)cc1C. The lowest BCUT2D eigenvalue weighted by Gasteiger charge is -2.07. The number of ether oxygens (including phenoxy) is 2. The molecule has 0 aromatic heterocycles. The molecule has 0 bridgehead atoms. The van der Waals surface area contributed by atoms with Gasteiger partial charge in [0.15, 0.2) is 6.61 Å². The van der Waals surface area contributed by atoms with E-state index < -0.39 is 5.97 Å². The zero-order valence-electron chi connectivity index (χ0n) is 16.8. The first-order valence-electron chi connectivity index (χ1n) is 9.40. The number of amides is 1. The van der Waals surface area contributed by atoms with E-state index in [4.69, 9.17) is 9.47 Å². The molecule has 0 atom stereocenters. The number of carbonyl (C=O) groups excluding carboxylic acids is 2. The van der Waals surface area contributed by atoms with Crippen molar-refractivity contribution in [2.24, 2.45) is 5.10 Å². The first-order chi connectivity index (χ1) is 14.5. The van der Waals surface area contributed by atoms with Crippen LogP contribution in [0.15, 0.2) is 77.9 Å². The van der Waals surface area contributed by atoms with Gasteiger partial charge >= 0.3 is 5.97 Å². The van der Waals surface area contributed by atoms with Crippen LogP contribution in [-0.2, 0) is 4.79 Å². The molecule has 0 unspecified atom stereocenters. The summed E-state index contributed by atoms with van der Waals surface area (Å²) in [6.07, 6.45) is 1.50. The summed E-state index contributed by atoms with van der Waals surface area (Å²) < 4.78 is 10.8. The van der Waals surface area contributed by atoms with E-state index in [-0.39, 0.29) is 12.5 Å². The van der Waals surface area contributed by atoms with Gasteiger partial charge in [0.25, 0.3) is 5.91 Å². The highest BCUT2D eigenvalue weighted by molar-refractivity contribution is 5.91. The van der Waals surface area contributed by atoms with Crippen molar-refractivity contribution in [2.75, 3.05) is 6.61 Å². The summed E-state index contributed by atoms with van der Waals surface area (Å²) in [6, 6.07) is 21.2. The normalized spacial score (nSPS) is 10.6. The minimum atomic E-state index is -0.423. The molecule has 1 amide bonds. The standard InChI is InChI=1S/C24H22N2O4/c1-17-8-11-22(14-18(17)2)29-16-23(27)26-25-15-19-9-12-21(13-10-19)30-24(28)20-6-4-3-5-7-20/h3-15H,16H2,1-2H3,(H,26,27). The van der Waals surface area contributed by atoms with Crippen LogP contribution in [0.4, 0.5) is 0 Å². The van der Waals surface area contributed by atoms with Crippen LogP contribution in [0.1, 0.15) is 27.0 Å². The van der Waals surface area contributed by atoms with E-state index in [2.05, 4.69) is 10.5 Å². The van der Waals surface area contributed by atoms with Crippen molar-refractivity contribution >= 4 is 18.1 Å². The molecule has 0 saturated heterocycles. The highest BCUT2D eigenvalue weighted by Gasteiger charge is 2.07. The molecule has 0 radical (unpaired) electrons. The highest BCUT2D eigenvalue weighted by Crippen LogP contribution is 2.16. The number of hydrogen-bond acceptors (Lipinski definition) is 5. The van der Waals surface area contributed by atoms with Gasteiger partial charge in [-0.05, 0) is 79.1 Å². The Morgan fingerprint density at radius 1 is 0.900 bits per heavy atom. The van der Waals surface area contributed by atoms with Gasteiger partial charge in [0.2, 0.25) is 0 Å². The smallest absolute Gasteiger partial charge is 0.343 e.